The van der Waals surface area contributed by atoms with Gasteiger partial charge in [-0.1, -0.05) is 61.9 Å². The highest BCUT2D eigenvalue weighted by atomic mass is 16.5. The molecule has 2 amide bonds. The van der Waals surface area contributed by atoms with Crippen molar-refractivity contribution in [3.8, 4) is 11.1 Å². The molecule has 0 spiro atoms. The lowest BCUT2D eigenvalue weighted by molar-refractivity contribution is -0.143. The molecule has 1 saturated heterocycles. The van der Waals surface area contributed by atoms with Gasteiger partial charge < -0.3 is 20.1 Å². The highest BCUT2D eigenvalue weighted by molar-refractivity contribution is 5.89. The summed E-state index contributed by atoms with van der Waals surface area (Å²) in [6.07, 6.45) is 2.36. The molecule has 7 nitrogen and oxygen atoms in total. The Morgan fingerprint density at radius 3 is 2.33 bits per heavy atom. The Morgan fingerprint density at radius 2 is 1.73 bits per heavy atom. The summed E-state index contributed by atoms with van der Waals surface area (Å²) in [6, 6.07) is 15.0. The van der Waals surface area contributed by atoms with Crippen LogP contribution in [0.1, 0.15) is 56.1 Å². The molecule has 7 heteroatoms. The van der Waals surface area contributed by atoms with E-state index in [2.05, 4.69) is 24.4 Å². The summed E-state index contributed by atoms with van der Waals surface area (Å²) in [5.74, 6) is -1.59. The second kappa shape index (κ2) is 10.1. The highest BCUT2D eigenvalue weighted by Crippen LogP contribution is 2.44. The predicted molar refractivity (Wildman–Crippen MR) is 124 cm³/mol. The number of amides is 2. The van der Waals surface area contributed by atoms with E-state index in [-0.39, 0.29) is 24.5 Å². The van der Waals surface area contributed by atoms with E-state index in [4.69, 9.17) is 4.74 Å². The summed E-state index contributed by atoms with van der Waals surface area (Å²) >= 11 is 0. The van der Waals surface area contributed by atoms with Crippen LogP contribution in [0.3, 0.4) is 0 Å². The predicted octanol–water partition coefficient (Wildman–Crippen LogP) is 4.16. The van der Waals surface area contributed by atoms with E-state index in [1.165, 1.54) is 0 Å². The Kier molecular flexibility index (Phi) is 6.96. The lowest BCUT2D eigenvalue weighted by Crippen LogP contribution is -2.51. The quantitative estimate of drug-likeness (QED) is 0.630. The SMILES string of the molecule is CCCC1CCCN1C(=O)C(CC(=O)O)NC(=O)OCC1c2ccccc2-c2ccccc21. The van der Waals surface area contributed by atoms with Gasteiger partial charge in [0.1, 0.15) is 12.6 Å². The van der Waals surface area contributed by atoms with Crippen molar-refractivity contribution in [2.45, 2.75) is 57.0 Å². The van der Waals surface area contributed by atoms with Crippen LogP contribution in [0, 0.1) is 0 Å². The molecule has 2 unspecified atom stereocenters. The third-order valence-corrected chi connectivity index (χ3v) is 6.59. The van der Waals surface area contributed by atoms with Gasteiger partial charge in [0.15, 0.2) is 0 Å². The molecule has 1 fully saturated rings. The van der Waals surface area contributed by atoms with E-state index in [9.17, 15) is 19.5 Å². The number of hydrogen-bond donors (Lipinski definition) is 2. The first-order chi connectivity index (χ1) is 16.0. The number of carbonyl (C=O) groups is 3. The number of nitrogens with zero attached hydrogens (tertiary/aromatic N) is 1. The van der Waals surface area contributed by atoms with Crippen LogP contribution in [0.5, 0.6) is 0 Å². The summed E-state index contributed by atoms with van der Waals surface area (Å²) in [5, 5.41) is 11.8. The van der Waals surface area contributed by atoms with Crippen LogP contribution in [-0.2, 0) is 14.3 Å². The van der Waals surface area contributed by atoms with Crippen LogP contribution in [0.2, 0.25) is 0 Å². The van der Waals surface area contributed by atoms with Gasteiger partial charge in [-0.2, -0.15) is 0 Å². The first-order valence-electron chi connectivity index (χ1n) is 11.6. The lowest BCUT2D eigenvalue weighted by Gasteiger charge is -2.28. The second-order valence-corrected chi connectivity index (χ2v) is 8.74. The van der Waals surface area contributed by atoms with Gasteiger partial charge in [0, 0.05) is 18.5 Å². The molecular formula is C26H30N2O5. The molecule has 1 aliphatic carbocycles. The average Bonchev–Trinajstić information content (AvgIpc) is 3.39. The van der Waals surface area contributed by atoms with Gasteiger partial charge in [0.05, 0.1) is 6.42 Å². The van der Waals surface area contributed by atoms with Gasteiger partial charge >= 0.3 is 12.1 Å². The first kappa shape index (κ1) is 22.8. The Morgan fingerprint density at radius 1 is 1.09 bits per heavy atom. The van der Waals surface area contributed by atoms with Crippen LogP contribution in [0.15, 0.2) is 48.5 Å². The number of aliphatic carboxylic acids is 1. The van der Waals surface area contributed by atoms with Gasteiger partial charge in [0.2, 0.25) is 5.91 Å². The van der Waals surface area contributed by atoms with E-state index in [0.29, 0.717) is 6.54 Å². The van der Waals surface area contributed by atoms with Crippen LogP contribution in [-0.4, -0.2) is 53.2 Å². The molecule has 174 valence electrons. The number of fused-ring (bicyclic) bond motifs is 3. The number of carbonyl (C=O) groups excluding carboxylic acids is 2. The number of likely N-dealkylation sites (tertiary alicyclic amines) is 1. The average molecular weight is 451 g/mol. The minimum Gasteiger partial charge on any atom is -0.481 e. The van der Waals surface area contributed by atoms with Crippen molar-refractivity contribution in [1.82, 2.24) is 10.2 Å². The van der Waals surface area contributed by atoms with Crippen LogP contribution < -0.4 is 5.32 Å². The zero-order chi connectivity index (χ0) is 23.4. The van der Waals surface area contributed by atoms with E-state index >= 15 is 0 Å². The lowest BCUT2D eigenvalue weighted by atomic mass is 9.98. The third-order valence-electron chi connectivity index (χ3n) is 6.59. The number of alkyl carbamates (subject to hydrolysis) is 1. The van der Waals surface area contributed by atoms with E-state index < -0.39 is 24.5 Å². The highest BCUT2D eigenvalue weighted by Gasteiger charge is 2.35. The largest absolute Gasteiger partial charge is 0.481 e. The smallest absolute Gasteiger partial charge is 0.407 e. The Balaban J connectivity index is 1.43. The molecule has 1 aliphatic heterocycles. The molecule has 2 aliphatic rings. The molecular weight excluding hydrogens is 420 g/mol. The molecule has 2 N–H and O–H groups in total. The van der Waals surface area contributed by atoms with Gasteiger partial charge in [-0.15, -0.1) is 0 Å². The molecule has 2 aromatic rings. The van der Waals surface area contributed by atoms with Gasteiger partial charge in [-0.25, -0.2) is 4.79 Å². The molecule has 0 aromatic heterocycles. The van der Waals surface area contributed by atoms with Gasteiger partial charge in [-0.05, 0) is 41.5 Å². The number of nitrogens with one attached hydrogen (secondary N) is 1. The van der Waals surface area contributed by atoms with E-state index in [0.717, 1.165) is 47.9 Å². The fraction of sp³-hybridized carbons (Fsp3) is 0.423. The maximum absolute atomic E-state index is 13.1. The van der Waals surface area contributed by atoms with Crippen molar-refractivity contribution in [3.05, 3.63) is 59.7 Å². The van der Waals surface area contributed by atoms with E-state index in [1.54, 1.807) is 4.90 Å². The van der Waals surface area contributed by atoms with Crippen molar-refractivity contribution in [3.63, 3.8) is 0 Å². The fourth-order valence-electron chi connectivity index (χ4n) is 5.12. The summed E-state index contributed by atoms with van der Waals surface area (Å²) in [4.78, 5) is 38.8. The topological polar surface area (TPSA) is 95.9 Å². The molecule has 0 radical (unpaired) electrons. The Bertz CT molecular complexity index is 991. The summed E-state index contributed by atoms with van der Waals surface area (Å²) in [6.45, 7) is 2.76. The maximum atomic E-state index is 13.1. The molecule has 1 heterocycles. The number of benzene rings is 2. The van der Waals surface area contributed by atoms with Crippen LogP contribution in [0.4, 0.5) is 4.79 Å². The normalized spacial score (nSPS) is 17.8. The Labute approximate surface area is 193 Å². The molecule has 0 saturated carbocycles. The fourth-order valence-corrected chi connectivity index (χ4v) is 5.12. The third kappa shape index (κ3) is 4.87. The number of hydrogen-bond acceptors (Lipinski definition) is 4. The van der Waals surface area contributed by atoms with Crippen LogP contribution >= 0.6 is 0 Å². The number of ether oxygens (including phenoxy) is 1. The van der Waals surface area contributed by atoms with E-state index in [1.807, 2.05) is 36.4 Å². The molecule has 0 bridgehead atoms. The summed E-state index contributed by atoms with van der Waals surface area (Å²) < 4.78 is 5.53. The van der Waals surface area contributed by atoms with Crippen molar-refractivity contribution in [1.29, 1.82) is 0 Å². The van der Waals surface area contributed by atoms with Crippen molar-refractivity contribution >= 4 is 18.0 Å². The van der Waals surface area contributed by atoms with Crippen molar-refractivity contribution < 1.29 is 24.2 Å². The molecule has 33 heavy (non-hydrogen) atoms. The standard InChI is InChI=1S/C26H30N2O5/c1-2-8-17-9-7-14-28(17)25(31)23(15-24(29)30)27-26(32)33-16-22-20-12-5-3-10-18(20)19-11-4-6-13-21(19)22/h3-6,10-13,17,22-23H,2,7-9,14-16H2,1H3,(H,27,32)(H,29,30). The molecule has 4 rings (SSSR count). The number of carboxylic acids is 1. The Hall–Kier alpha value is -3.35. The van der Waals surface area contributed by atoms with Gasteiger partial charge in [0.25, 0.3) is 0 Å². The molecule has 2 aromatic carbocycles. The maximum Gasteiger partial charge on any atom is 0.407 e. The van der Waals surface area contributed by atoms with Crippen molar-refractivity contribution in [2.24, 2.45) is 0 Å². The molecule has 2 atom stereocenters. The second-order valence-electron chi connectivity index (χ2n) is 8.74. The number of rotatable bonds is 8. The van der Waals surface area contributed by atoms with Crippen LogP contribution in [0.25, 0.3) is 11.1 Å². The monoisotopic (exact) mass is 450 g/mol. The summed E-state index contributed by atoms with van der Waals surface area (Å²) in [7, 11) is 0. The minimum absolute atomic E-state index is 0.100. The number of carboxylic acid groups (broad SMARTS) is 1. The van der Waals surface area contributed by atoms with Gasteiger partial charge in [-0.3, -0.25) is 9.59 Å². The minimum atomic E-state index is -1.14. The zero-order valence-electron chi connectivity index (χ0n) is 18.8. The first-order valence-corrected chi connectivity index (χ1v) is 11.6. The zero-order valence-corrected chi connectivity index (χ0v) is 18.8. The summed E-state index contributed by atoms with van der Waals surface area (Å²) in [5.41, 5.74) is 4.42. The van der Waals surface area contributed by atoms with Crippen molar-refractivity contribution in [2.75, 3.05) is 13.2 Å².